The van der Waals surface area contributed by atoms with Crippen LogP contribution in [0.3, 0.4) is 0 Å². The topological polar surface area (TPSA) is 70.1 Å². The van der Waals surface area contributed by atoms with E-state index in [2.05, 4.69) is 4.90 Å². The first-order chi connectivity index (χ1) is 11.7. The SMILES string of the molecule is CC(C)(C)OC(=O)N1CCN(c2ccc(C(=O)O)c(C3CC3)c2)CC1. The second-order valence-corrected chi connectivity index (χ2v) is 7.81. The number of ether oxygens (including phenoxy) is 1. The monoisotopic (exact) mass is 346 g/mol. The number of amides is 1. The summed E-state index contributed by atoms with van der Waals surface area (Å²) in [6.45, 7) is 8.24. The highest BCUT2D eigenvalue weighted by molar-refractivity contribution is 5.90. The van der Waals surface area contributed by atoms with Crippen molar-refractivity contribution in [1.82, 2.24) is 4.90 Å². The molecule has 6 heteroatoms. The first kappa shape index (κ1) is 17.6. The second kappa shape index (κ2) is 6.58. The van der Waals surface area contributed by atoms with Gasteiger partial charge in [-0.15, -0.1) is 0 Å². The van der Waals surface area contributed by atoms with Gasteiger partial charge in [0.05, 0.1) is 5.56 Å². The summed E-state index contributed by atoms with van der Waals surface area (Å²) < 4.78 is 5.42. The van der Waals surface area contributed by atoms with Crippen LogP contribution < -0.4 is 4.90 Å². The van der Waals surface area contributed by atoms with Crippen LogP contribution in [0.2, 0.25) is 0 Å². The maximum atomic E-state index is 12.1. The summed E-state index contributed by atoms with van der Waals surface area (Å²) in [4.78, 5) is 27.5. The minimum atomic E-state index is -0.858. The number of rotatable bonds is 3. The zero-order valence-electron chi connectivity index (χ0n) is 15.1. The molecular formula is C19H26N2O4. The molecule has 1 aromatic rings. The number of carbonyl (C=O) groups is 2. The Bertz CT molecular complexity index is 668. The number of carboxylic acid groups (broad SMARTS) is 1. The van der Waals surface area contributed by atoms with Crippen molar-refractivity contribution in [2.24, 2.45) is 0 Å². The summed E-state index contributed by atoms with van der Waals surface area (Å²) in [7, 11) is 0. The number of carboxylic acids is 1. The molecule has 6 nitrogen and oxygen atoms in total. The fourth-order valence-electron chi connectivity index (χ4n) is 3.15. The molecule has 1 aromatic carbocycles. The van der Waals surface area contributed by atoms with Gasteiger partial charge >= 0.3 is 12.1 Å². The number of benzene rings is 1. The predicted octanol–water partition coefficient (Wildman–Crippen LogP) is 3.32. The van der Waals surface area contributed by atoms with Crippen LogP contribution in [0, 0.1) is 0 Å². The van der Waals surface area contributed by atoms with Crippen molar-refractivity contribution in [1.29, 1.82) is 0 Å². The molecule has 0 atom stereocenters. The Kier molecular flexibility index (Phi) is 4.62. The molecule has 0 bridgehead atoms. The van der Waals surface area contributed by atoms with Gasteiger partial charge in [0.2, 0.25) is 0 Å². The molecule has 0 aromatic heterocycles. The van der Waals surface area contributed by atoms with Crippen LogP contribution in [-0.4, -0.2) is 53.8 Å². The van der Waals surface area contributed by atoms with Crippen LogP contribution in [0.15, 0.2) is 18.2 Å². The number of piperazine rings is 1. The molecule has 1 aliphatic heterocycles. The molecule has 0 radical (unpaired) electrons. The van der Waals surface area contributed by atoms with E-state index in [-0.39, 0.29) is 6.09 Å². The quantitative estimate of drug-likeness (QED) is 0.909. The average Bonchev–Trinajstić information content (AvgIpc) is 3.37. The largest absolute Gasteiger partial charge is 0.478 e. The number of carbonyl (C=O) groups excluding carboxylic acids is 1. The zero-order chi connectivity index (χ0) is 18.2. The van der Waals surface area contributed by atoms with E-state index in [1.807, 2.05) is 32.9 Å². The fraction of sp³-hybridized carbons (Fsp3) is 0.579. The number of hydrogen-bond acceptors (Lipinski definition) is 4. The summed E-state index contributed by atoms with van der Waals surface area (Å²) in [5.41, 5.74) is 1.91. The normalized spacial score (nSPS) is 18.2. The molecule has 0 spiro atoms. The first-order valence-electron chi connectivity index (χ1n) is 8.85. The van der Waals surface area contributed by atoms with Gasteiger partial charge in [0.15, 0.2) is 0 Å². The van der Waals surface area contributed by atoms with Gasteiger partial charge in [0, 0.05) is 31.9 Å². The van der Waals surface area contributed by atoms with Gasteiger partial charge in [-0.3, -0.25) is 0 Å². The third-order valence-electron chi connectivity index (χ3n) is 4.58. The van der Waals surface area contributed by atoms with Crippen LogP contribution >= 0.6 is 0 Å². The molecule has 25 heavy (non-hydrogen) atoms. The standard InChI is InChI=1S/C19H26N2O4/c1-19(2,3)25-18(24)21-10-8-20(9-11-21)14-6-7-15(17(22)23)16(12-14)13-4-5-13/h6-7,12-13H,4-5,8-11H2,1-3H3,(H,22,23). The molecule has 1 aliphatic carbocycles. The lowest BCUT2D eigenvalue weighted by Gasteiger charge is -2.37. The summed E-state index contributed by atoms with van der Waals surface area (Å²) in [6, 6.07) is 5.61. The molecule has 1 saturated heterocycles. The average molecular weight is 346 g/mol. The third kappa shape index (κ3) is 4.24. The van der Waals surface area contributed by atoms with Crippen LogP contribution in [0.25, 0.3) is 0 Å². The van der Waals surface area contributed by atoms with E-state index in [0.29, 0.717) is 24.6 Å². The highest BCUT2D eigenvalue weighted by atomic mass is 16.6. The molecule has 1 N–H and O–H groups in total. The van der Waals surface area contributed by atoms with Gasteiger partial charge < -0.3 is 19.6 Å². The highest BCUT2D eigenvalue weighted by Gasteiger charge is 2.30. The van der Waals surface area contributed by atoms with Crippen LogP contribution in [0.4, 0.5) is 10.5 Å². The van der Waals surface area contributed by atoms with Crippen molar-refractivity contribution in [2.75, 3.05) is 31.1 Å². The fourth-order valence-corrected chi connectivity index (χ4v) is 3.15. The molecule has 2 aliphatic rings. The van der Waals surface area contributed by atoms with E-state index < -0.39 is 11.6 Å². The highest BCUT2D eigenvalue weighted by Crippen LogP contribution is 2.43. The number of nitrogens with zero attached hydrogens (tertiary/aromatic N) is 2. The van der Waals surface area contributed by atoms with Crippen molar-refractivity contribution in [2.45, 2.75) is 45.1 Å². The lowest BCUT2D eigenvalue weighted by atomic mass is 10.0. The van der Waals surface area contributed by atoms with Crippen molar-refractivity contribution in [3.05, 3.63) is 29.3 Å². The Morgan fingerprint density at radius 1 is 1.12 bits per heavy atom. The minimum Gasteiger partial charge on any atom is -0.478 e. The smallest absolute Gasteiger partial charge is 0.410 e. The molecule has 1 amide bonds. The third-order valence-corrected chi connectivity index (χ3v) is 4.58. The molecular weight excluding hydrogens is 320 g/mol. The maximum absolute atomic E-state index is 12.1. The zero-order valence-corrected chi connectivity index (χ0v) is 15.1. The van der Waals surface area contributed by atoms with E-state index in [1.54, 1.807) is 11.0 Å². The Balaban J connectivity index is 1.66. The van der Waals surface area contributed by atoms with Crippen molar-refractivity contribution in [3.63, 3.8) is 0 Å². The number of aromatic carboxylic acids is 1. The Morgan fingerprint density at radius 3 is 2.28 bits per heavy atom. The molecule has 3 rings (SSSR count). The van der Waals surface area contributed by atoms with E-state index in [0.717, 1.165) is 37.2 Å². The molecule has 1 heterocycles. The Hall–Kier alpha value is -2.24. The summed E-state index contributed by atoms with van der Waals surface area (Å²) in [6.07, 6.45) is 1.86. The first-order valence-corrected chi connectivity index (χ1v) is 8.85. The van der Waals surface area contributed by atoms with E-state index in [1.165, 1.54) is 0 Å². The van der Waals surface area contributed by atoms with E-state index in [4.69, 9.17) is 4.74 Å². The lowest BCUT2D eigenvalue weighted by molar-refractivity contribution is 0.0240. The Morgan fingerprint density at radius 2 is 1.76 bits per heavy atom. The lowest BCUT2D eigenvalue weighted by Crippen LogP contribution is -2.50. The summed E-state index contributed by atoms with van der Waals surface area (Å²) >= 11 is 0. The van der Waals surface area contributed by atoms with Crippen molar-refractivity contribution < 1.29 is 19.4 Å². The van der Waals surface area contributed by atoms with Crippen LogP contribution in [0.5, 0.6) is 0 Å². The maximum Gasteiger partial charge on any atom is 0.410 e. The summed E-state index contributed by atoms with van der Waals surface area (Å²) in [5.74, 6) is -0.475. The molecule has 136 valence electrons. The van der Waals surface area contributed by atoms with Crippen LogP contribution in [-0.2, 0) is 4.74 Å². The Labute approximate surface area is 148 Å². The van der Waals surface area contributed by atoms with Gasteiger partial charge in [-0.2, -0.15) is 0 Å². The van der Waals surface area contributed by atoms with E-state index in [9.17, 15) is 14.7 Å². The van der Waals surface area contributed by atoms with Gasteiger partial charge in [-0.05, 0) is 63.3 Å². The van der Waals surface area contributed by atoms with Gasteiger partial charge in [-0.1, -0.05) is 0 Å². The van der Waals surface area contributed by atoms with Crippen LogP contribution in [0.1, 0.15) is 55.5 Å². The molecule has 1 saturated carbocycles. The molecule has 2 fully saturated rings. The summed E-state index contributed by atoms with van der Waals surface area (Å²) in [5, 5.41) is 9.36. The van der Waals surface area contributed by atoms with Gasteiger partial charge in [0.1, 0.15) is 5.60 Å². The van der Waals surface area contributed by atoms with Gasteiger partial charge in [-0.25, -0.2) is 9.59 Å². The van der Waals surface area contributed by atoms with Crippen molar-refractivity contribution in [3.8, 4) is 0 Å². The minimum absolute atomic E-state index is 0.271. The van der Waals surface area contributed by atoms with Gasteiger partial charge in [0.25, 0.3) is 0 Å². The van der Waals surface area contributed by atoms with E-state index >= 15 is 0 Å². The predicted molar refractivity (Wildman–Crippen MR) is 95.4 cm³/mol. The second-order valence-electron chi connectivity index (χ2n) is 7.81. The van der Waals surface area contributed by atoms with Crippen molar-refractivity contribution >= 4 is 17.7 Å². The number of anilines is 1. The molecule has 0 unspecified atom stereocenters. The number of hydrogen-bond donors (Lipinski definition) is 1.